The highest BCUT2D eigenvalue weighted by molar-refractivity contribution is 7.98. The van der Waals surface area contributed by atoms with E-state index in [9.17, 15) is 4.79 Å². The van der Waals surface area contributed by atoms with E-state index in [0.29, 0.717) is 23.7 Å². The summed E-state index contributed by atoms with van der Waals surface area (Å²) < 4.78 is 0. The van der Waals surface area contributed by atoms with Gasteiger partial charge in [0.15, 0.2) is 5.16 Å². The molecule has 4 nitrogen and oxygen atoms in total. The van der Waals surface area contributed by atoms with E-state index in [1.807, 2.05) is 6.26 Å². The fraction of sp³-hybridized carbons (Fsp3) is 0.500. The second-order valence-electron chi connectivity index (χ2n) is 2.64. The molecule has 0 aliphatic rings. The zero-order valence-corrected chi connectivity index (χ0v) is 8.36. The number of aromatic amines is 1. The summed E-state index contributed by atoms with van der Waals surface area (Å²) in [6, 6.07) is 0. The van der Waals surface area contributed by atoms with Gasteiger partial charge in [-0.15, -0.1) is 0 Å². The van der Waals surface area contributed by atoms with Crippen molar-refractivity contribution < 1.29 is 0 Å². The molecule has 0 amide bonds. The van der Waals surface area contributed by atoms with E-state index in [2.05, 4.69) is 9.97 Å². The zero-order valence-electron chi connectivity index (χ0n) is 7.54. The number of rotatable bonds is 4. The van der Waals surface area contributed by atoms with Gasteiger partial charge in [-0.3, -0.25) is 4.79 Å². The van der Waals surface area contributed by atoms with E-state index in [4.69, 9.17) is 5.73 Å². The van der Waals surface area contributed by atoms with Crippen LogP contribution in [0, 0.1) is 0 Å². The molecule has 0 aliphatic heterocycles. The van der Waals surface area contributed by atoms with Crippen LogP contribution in [0.15, 0.2) is 16.1 Å². The fourth-order valence-corrected chi connectivity index (χ4v) is 1.33. The third kappa shape index (κ3) is 2.86. The van der Waals surface area contributed by atoms with Crippen LogP contribution in [0.2, 0.25) is 0 Å². The van der Waals surface area contributed by atoms with Crippen molar-refractivity contribution >= 4 is 11.8 Å². The van der Waals surface area contributed by atoms with Crippen LogP contribution in [0.1, 0.15) is 12.0 Å². The Morgan fingerprint density at radius 1 is 1.69 bits per heavy atom. The molecule has 0 unspecified atom stereocenters. The predicted molar refractivity (Wildman–Crippen MR) is 54.0 cm³/mol. The number of nitrogens with one attached hydrogen (secondary N) is 1. The highest BCUT2D eigenvalue weighted by atomic mass is 32.2. The first-order valence-electron chi connectivity index (χ1n) is 4.10. The molecule has 0 aromatic carbocycles. The third-order valence-electron chi connectivity index (χ3n) is 1.69. The fourth-order valence-electron chi connectivity index (χ4n) is 0.979. The number of nitrogens with two attached hydrogens (primary N) is 1. The van der Waals surface area contributed by atoms with Gasteiger partial charge in [-0.05, 0) is 25.6 Å². The van der Waals surface area contributed by atoms with Crippen molar-refractivity contribution in [3.8, 4) is 0 Å². The summed E-state index contributed by atoms with van der Waals surface area (Å²) in [6.07, 6.45) is 5.02. The Labute approximate surface area is 81.0 Å². The largest absolute Gasteiger partial charge is 0.330 e. The molecule has 1 aromatic rings. The number of aryl methyl sites for hydroxylation is 1. The monoisotopic (exact) mass is 199 g/mol. The van der Waals surface area contributed by atoms with Crippen LogP contribution in [0.5, 0.6) is 0 Å². The molecule has 0 radical (unpaired) electrons. The van der Waals surface area contributed by atoms with E-state index in [1.165, 1.54) is 11.8 Å². The zero-order chi connectivity index (χ0) is 9.68. The Bertz CT molecular complexity index is 323. The summed E-state index contributed by atoms with van der Waals surface area (Å²) in [4.78, 5) is 18.1. The van der Waals surface area contributed by atoms with E-state index >= 15 is 0 Å². The van der Waals surface area contributed by atoms with Crippen molar-refractivity contribution in [2.45, 2.75) is 18.0 Å². The summed E-state index contributed by atoms with van der Waals surface area (Å²) in [5, 5.41) is 0.654. The lowest BCUT2D eigenvalue weighted by molar-refractivity contribution is 0.798. The number of hydrogen-bond donors (Lipinski definition) is 2. The second-order valence-corrected chi connectivity index (χ2v) is 3.43. The third-order valence-corrected chi connectivity index (χ3v) is 2.29. The topological polar surface area (TPSA) is 71.8 Å². The van der Waals surface area contributed by atoms with Gasteiger partial charge >= 0.3 is 0 Å². The molecule has 3 N–H and O–H groups in total. The SMILES string of the molecule is CSc1ncc(CCCN)c(=O)[nH]1. The van der Waals surface area contributed by atoms with Crippen LogP contribution < -0.4 is 11.3 Å². The smallest absolute Gasteiger partial charge is 0.254 e. The lowest BCUT2D eigenvalue weighted by Gasteiger charge is -1.99. The lowest BCUT2D eigenvalue weighted by Crippen LogP contribution is -2.15. The number of nitrogens with zero attached hydrogens (tertiary/aromatic N) is 1. The Hall–Kier alpha value is -0.810. The van der Waals surface area contributed by atoms with Gasteiger partial charge in [-0.25, -0.2) is 4.98 Å². The van der Waals surface area contributed by atoms with Gasteiger partial charge in [0.2, 0.25) is 0 Å². The van der Waals surface area contributed by atoms with Crippen molar-refractivity contribution in [2.75, 3.05) is 12.8 Å². The highest BCUT2D eigenvalue weighted by Gasteiger charge is 2.00. The standard InChI is InChI=1S/C8H13N3OS/c1-13-8-10-5-6(3-2-4-9)7(12)11-8/h5H,2-4,9H2,1H3,(H,10,11,12). The molecule has 1 rings (SSSR count). The van der Waals surface area contributed by atoms with Gasteiger partial charge in [0.25, 0.3) is 5.56 Å². The molecule has 13 heavy (non-hydrogen) atoms. The minimum atomic E-state index is -0.0483. The normalized spacial score (nSPS) is 10.3. The Balaban J connectivity index is 2.80. The molecule has 0 saturated heterocycles. The quantitative estimate of drug-likeness (QED) is 0.543. The highest BCUT2D eigenvalue weighted by Crippen LogP contribution is 2.04. The van der Waals surface area contributed by atoms with Crippen LogP contribution in [0.3, 0.4) is 0 Å². The molecule has 0 atom stereocenters. The van der Waals surface area contributed by atoms with E-state index in [1.54, 1.807) is 6.20 Å². The van der Waals surface area contributed by atoms with Crippen molar-refractivity contribution in [2.24, 2.45) is 5.73 Å². The number of aromatic nitrogens is 2. The van der Waals surface area contributed by atoms with Crippen molar-refractivity contribution in [3.63, 3.8) is 0 Å². The van der Waals surface area contributed by atoms with Gasteiger partial charge in [-0.2, -0.15) is 0 Å². The van der Waals surface area contributed by atoms with Gasteiger partial charge in [-0.1, -0.05) is 11.8 Å². The predicted octanol–water partition coefficient (Wildman–Crippen LogP) is 0.383. The average molecular weight is 199 g/mol. The molecule has 0 saturated carbocycles. The van der Waals surface area contributed by atoms with Gasteiger partial charge in [0, 0.05) is 11.8 Å². The summed E-state index contributed by atoms with van der Waals surface area (Å²) in [7, 11) is 0. The molecule has 1 aromatic heterocycles. The summed E-state index contributed by atoms with van der Waals surface area (Å²) in [5.41, 5.74) is 6.01. The summed E-state index contributed by atoms with van der Waals surface area (Å²) >= 11 is 1.42. The molecule has 1 heterocycles. The number of thioether (sulfide) groups is 1. The van der Waals surface area contributed by atoms with E-state index < -0.39 is 0 Å². The molecule has 5 heteroatoms. The first-order valence-corrected chi connectivity index (χ1v) is 5.32. The maximum absolute atomic E-state index is 11.4. The maximum Gasteiger partial charge on any atom is 0.254 e. The lowest BCUT2D eigenvalue weighted by atomic mass is 10.2. The molecular weight excluding hydrogens is 186 g/mol. The number of H-pyrrole nitrogens is 1. The molecule has 72 valence electrons. The maximum atomic E-state index is 11.4. The minimum Gasteiger partial charge on any atom is -0.330 e. The first-order chi connectivity index (χ1) is 6.27. The van der Waals surface area contributed by atoms with E-state index in [-0.39, 0.29) is 5.56 Å². The summed E-state index contributed by atoms with van der Waals surface area (Å²) in [6.45, 7) is 0.601. The molecule has 0 aliphatic carbocycles. The second kappa shape index (κ2) is 5.04. The average Bonchev–Trinajstić information content (AvgIpc) is 2.16. The molecule has 0 spiro atoms. The van der Waals surface area contributed by atoms with Crippen molar-refractivity contribution in [1.82, 2.24) is 9.97 Å². The van der Waals surface area contributed by atoms with E-state index in [0.717, 1.165) is 6.42 Å². The molecule has 0 bridgehead atoms. The first kappa shape index (κ1) is 10.3. The van der Waals surface area contributed by atoms with Crippen LogP contribution in [0.25, 0.3) is 0 Å². The van der Waals surface area contributed by atoms with Gasteiger partial charge in [0.05, 0.1) is 0 Å². The number of hydrogen-bond acceptors (Lipinski definition) is 4. The minimum absolute atomic E-state index is 0.0483. The van der Waals surface area contributed by atoms with Crippen molar-refractivity contribution in [1.29, 1.82) is 0 Å². The van der Waals surface area contributed by atoms with Gasteiger partial charge < -0.3 is 10.7 Å². The van der Waals surface area contributed by atoms with Crippen molar-refractivity contribution in [3.05, 3.63) is 22.1 Å². The Morgan fingerprint density at radius 3 is 3.00 bits per heavy atom. The molecule has 0 fully saturated rings. The van der Waals surface area contributed by atoms with Crippen LogP contribution in [0.4, 0.5) is 0 Å². The van der Waals surface area contributed by atoms with Crippen LogP contribution in [-0.4, -0.2) is 22.8 Å². The summed E-state index contributed by atoms with van der Waals surface area (Å²) in [5.74, 6) is 0. The molecular formula is C8H13N3OS. The van der Waals surface area contributed by atoms with Gasteiger partial charge in [0.1, 0.15) is 0 Å². The van der Waals surface area contributed by atoms with Crippen LogP contribution in [-0.2, 0) is 6.42 Å². The Kier molecular flexibility index (Phi) is 3.98. The Morgan fingerprint density at radius 2 is 2.46 bits per heavy atom. The van der Waals surface area contributed by atoms with Crippen LogP contribution >= 0.6 is 11.8 Å².